The fourth-order valence-electron chi connectivity index (χ4n) is 3.63. The van der Waals surface area contributed by atoms with Crippen LogP contribution in [0.2, 0.25) is 0 Å². The molecule has 1 aromatic rings. The zero-order valence-electron chi connectivity index (χ0n) is 15.4. The van der Waals surface area contributed by atoms with Gasteiger partial charge in [-0.15, -0.1) is 0 Å². The molecule has 2 atom stereocenters. The highest BCUT2D eigenvalue weighted by Gasteiger charge is 2.40. The summed E-state index contributed by atoms with van der Waals surface area (Å²) in [5, 5.41) is 16.5. The molecule has 0 spiro atoms. The molecule has 0 bridgehead atoms. The second-order valence-electron chi connectivity index (χ2n) is 6.30. The van der Waals surface area contributed by atoms with Crippen LogP contribution in [0.4, 0.5) is 0 Å². The number of ether oxygens (including phenoxy) is 2. The first-order valence-electron chi connectivity index (χ1n) is 8.62. The van der Waals surface area contributed by atoms with Crippen molar-refractivity contribution in [1.29, 1.82) is 0 Å². The Morgan fingerprint density at radius 1 is 1.27 bits per heavy atom. The lowest BCUT2D eigenvalue weighted by atomic mass is 9.77. The summed E-state index contributed by atoms with van der Waals surface area (Å²) in [7, 11) is 1.59. The summed E-state index contributed by atoms with van der Waals surface area (Å²) >= 11 is 0. The molecule has 6 nitrogen and oxygen atoms in total. The number of carboxylic acid groups (broad SMARTS) is 1. The van der Waals surface area contributed by atoms with Gasteiger partial charge < -0.3 is 25.2 Å². The number of carboxylic acids is 1. The van der Waals surface area contributed by atoms with Crippen LogP contribution in [0.25, 0.3) is 0 Å². The van der Waals surface area contributed by atoms with Crippen molar-refractivity contribution in [2.75, 3.05) is 13.7 Å². The highest BCUT2D eigenvalue weighted by molar-refractivity contribution is 5.91. The standard InChI is InChI=1S/C20H24N2O4/c1-5-26-19-17-16(13-8-6-7-9-14(13)25-4)15(20(23)24)12(3)22-18(17)11(2)10-21-19/h6-10,16,19,21-22H,5H2,1-4H3,(H,23,24). The lowest BCUT2D eigenvalue weighted by Gasteiger charge is -2.38. The second-order valence-corrected chi connectivity index (χ2v) is 6.30. The van der Waals surface area contributed by atoms with E-state index in [1.807, 2.05) is 44.3 Å². The minimum atomic E-state index is -0.958. The van der Waals surface area contributed by atoms with E-state index in [-0.39, 0.29) is 0 Å². The Kier molecular flexibility index (Phi) is 5.04. The van der Waals surface area contributed by atoms with Gasteiger partial charge in [0, 0.05) is 41.3 Å². The Morgan fingerprint density at radius 2 is 2.00 bits per heavy atom. The number of nitrogens with one attached hydrogen (secondary N) is 2. The molecule has 2 unspecified atom stereocenters. The third-order valence-corrected chi connectivity index (χ3v) is 4.75. The summed E-state index contributed by atoms with van der Waals surface area (Å²) in [6.45, 7) is 6.20. The van der Waals surface area contributed by atoms with Crippen LogP contribution in [0.5, 0.6) is 5.75 Å². The fourth-order valence-corrected chi connectivity index (χ4v) is 3.63. The van der Waals surface area contributed by atoms with E-state index in [0.717, 1.165) is 22.4 Å². The lowest BCUT2D eigenvalue weighted by Crippen LogP contribution is -2.42. The normalized spacial score (nSPS) is 22.2. The predicted molar refractivity (Wildman–Crippen MR) is 98.5 cm³/mol. The molecule has 0 amide bonds. The minimum Gasteiger partial charge on any atom is -0.496 e. The van der Waals surface area contributed by atoms with Crippen LogP contribution in [0, 0.1) is 0 Å². The molecular formula is C20H24N2O4. The Labute approximate surface area is 153 Å². The number of rotatable bonds is 5. The van der Waals surface area contributed by atoms with E-state index in [9.17, 15) is 9.90 Å². The van der Waals surface area contributed by atoms with Crippen molar-refractivity contribution >= 4 is 5.97 Å². The molecule has 6 heteroatoms. The number of methoxy groups -OCH3 is 1. The third-order valence-electron chi connectivity index (χ3n) is 4.75. The zero-order chi connectivity index (χ0) is 18.8. The smallest absolute Gasteiger partial charge is 0.334 e. The molecule has 0 aliphatic carbocycles. The van der Waals surface area contributed by atoms with Gasteiger partial charge in [0.2, 0.25) is 0 Å². The number of para-hydroxylation sites is 1. The van der Waals surface area contributed by atoms with Gasteiger partial charge in [-0.2, -0.15) is 0 Å². The highest BCUT2D eigenvalue weighted by atomic mass is 16.5. The van der Waals surface area contributed by atoms with Crippen LogP contribution in [0.1, 0.15) is 32.3 Å². The zero-order valence-corrected chi connectivity index (χ0v) is 15.4. The van der Waals surface area contributed by atoms with Crippen molar-refractivity contribution in [2.45, 2.75) is 32.9 Å². The largest absolute Gasteiger partial charge is 0.496 e. The minimum absolute atomic E-state index is 0.300. The molecule has 26 heavy (non-hydrogen) atoms. The Balaban J connectivity index is 2.26. The van der Waals surface area contributed by atoms with Crippen molar-refractivity contribution in [3.63, 3.8) is 0 Å². The molecular weight excluding hydrogens is 332 g/mol. The van der Waals surface area contributed by atoms with Crippen LogP contribution in [0.15, 0.2) is 58.6 Å². The second kappa shape index (κ2) is 7.25. The number of allylic oxidation sites excluding steroid dienone is 2. The summed E-state index contributed by atoms with van der Waals surface area (Å²) in [4.78, 5) is 12.1. The number of aliphatic carboxylic acids is 1. The quantitative estimate of drug-likeness (QED) is 0.753. The van der Waals surface area contributed by atoms with E-state index in [4.69, 9.17) is 9.47 Å². The van der Waals surface area contributed by atoms with Crippen molar-refractivity contribution in [3.8, 4) is 5.75 Å². The average molecular weight is 356 g/mol. The van der Waals surface area contributed by atoms with Crippen LogP contribution in [-0.2, 0) is 9.53 Å². The van der Waals surface area contributed by atoms with E-state index in [1.54, 1.807) is 14.0 Å². The van der Waals surface area contributed by atoms with E-state index in [1.165, 1.54) is 0 Å². The average Bonchev–Trinajstić information content (AvgIpc) is 2.63. The molecule has 0 fully saturated rings. The first-order chi connectivity index (χ1) is 12.5. The van der Waals surface area contributed by atoms with Gasteiger partial charge in [-0.25, -0.2) is 4.79 Å². The molecule has 138 valence electrons. The van der Waals surface area contributed by atoms with Crippen LogP contribution in [0.3, 0.4) is 0 Å². The van der Waals surface area contributed by atoms with Crippen molar-refractivity contribution in [2.24, 2.45) is 0 Å². The van der Waals surface area contributed by atoms with Gasteiger partial charge >= 0.3 is 5.97 Å². The lowest BCUT2D eigenvalue weighted by molar-refractivity contribution is -0.133. The van der Waals surface area contributed by atoms with Gasteiger partial charge in [-0.05, 0) is 32.4 Å². The Morgan fingerprint density at radius 3 is 2.65 bits per heavy atom. The van der Waals surface area contributed by atoms with Crippen LogP contribution >= 0.6 is 0 Å². The summed E-state index contributed by atoms with van der Waals surface area (Å²) < 4.78 is 11.4. The number of hydrogen-bond donors (Lipinski definition) is 3. The third kappa shape index (κ3) is 2.97. The first-order valence-corrected chi connectivity index (χ1v) is 8.62. The molecule has 0 saturated heterocycles. The van der Waals surface area contributed by atoms with Gasteiger partial charge in [0.1, 0.15) is 5.75 Å². The van der Waals surface area contributed by atoms with Gasteiger partial charge in [0.25, 0.3) is 0 Å². The van der Waals surface area contributed by atoms with Crippen molar-refractivity contribution < 1.29 is 19.4 Å². The predicted octanol–water partition coefficient (Wildman–Crippen LogP) is 2.86. The van der Waals surface area contributed by atoms with Crippen LogP contribution in [-0.4, -0.2) is 31.0 Å². The molecule has 3 rings (SSSR count). The fraction of sp³-hybridized carbons (Fsp3) is 0.350. The molecule has 2 aliphatic rings. The summed E-state index contributed by atoms with van der Waals surface area (Å²) in [6, 6.07) is 7.52. The summed E-state index contributed by atoms with van der Waals surface area (Å²) in [5.41, 5.74) is 4.49. The number of benzene rings is 1. The van der Waals surface area contributed by atoms with Crippen molar-refractivity contribution in [3.05, 3.63) is 64.1 Å². The van der Waals surface area contributed by atoms with E-state index < -0.39 is 18.1 Å². The molecule has 2 aliphatic heterocycles. The maximum atomic E-state index is 12.1. The maximum absolute atomic E-state index is 12.1. The molecule has 3 N–H and O–H groups in total. The highest BCUT2D eigenvalue weighted by Crippen LogP contribution is 2.45. The SMILES string of the molecule is CCOC1NC=C(C)C2=C1C(c1ccccc1OC)C(C(=O)O)=C(C)N2. The van der Waals surface area contributed by atoms with Gasteiger partial charge in [-0.3, -0.25) is 0 Å². The summed E-state index contributed by atoms with van der Waals surface area (Å²) in [5.74, 6) is -0.784. The molecule has 1 aromatic carbocycles. The van der Waals surface area contributed by atoms with Crippen molar-refractivity contribution in [1.82, 2.24) is 10.6 Å². The number of hydrogen-bond acceptors (Lipinski definition) is 5. The maximum Gasteiger partial charge on any atom is 0.334 e. The topological polar surface area (TPSA) is 79.8 Å². The van der Waals surface area contributed by atoms with E-state index in [0.29, 0.717) is 23.6 Å². The molecule has 0 radical (unpaired) electrons. The van der Waals surface area contributed by atoms with E-state index in [2.05, 4.69) is 10.6 Å². The van der Waals surface area contributed by atoms with Gasteiger partial charge in [-0.1, -0.05) is 18.2 Å². The first kappa shape index (κ1) is 18.1. The van der Waals surface area contributed by atoms with Gasteiger partial charge in [0.15, 0.2) is 6.23 Å². The number of carbonyl (C=O) groups is 1. The summed E-state index contributed by atoms with van der Waals surface area (Å²) in [6.07, 6.45) is 1.48. The van der Waals surface area contributed by atoms with E-state index >= 15 is 0 Å². The Hall–Kier alpha value is -2.73. The Bertz CT molecular complexity index is 823. The van der Waals surface area contributed by atoms with Gasteiger partial charge in [0.05, 0.1) is 12.7 Å². The van der Waals surface area contributed by atoms with Crippen LogP contribution < -0.4 is 15.4 Å². The number of dihydropyridines is 2. The molecule has 0 saturated carbocycles. The molecule has 0 aromatic heterocycles. The monoisotopic (exact) mass is 356 g/mol. The molecule has 2 heterocycles.